The predicted octanol–water partition coefficient (Wildman–Crippen LogP) is 2.80. The maximum Gasteiger partial charge on any atom is 0.225 e. The number of nitrogens with zero attached hydrogens (tertiary/aromatic N) is 2. The minimum Gasteiger partial charge on any atom is -0.373 e. The highest BCUT2D eigenvalue weighted by Gasteiger charge is 2.24. The van der Waals surface area contributed by atoms with E-state index in [4.69, 9.17) is 4.99 Å². The molecule has 0 saturated heterocycles. The number of hydrogen-bond donors (Lipinski definition) is 3. The minimum atomic E-state index is 0.0568. The Morgan fingerprint density at radius 2 is 1.89 bits per heavy atom. The Labute approximate surface area is 167 Å². The van der Waals surface area contributed by atoms with E-state index in [2.05, 4.69) is 53.0 Å². The van der Waals surface area contributed by atoms with Gasteiger partial charge in [0.15, 0.2) is 5.96 Å². The number of carbonyl (C=O) groups excluding carboxylic acids is 1. The molecule has 0 aromatic heterocycles. The zero-order chi connectivity index (χ0) is 19.8. The average Bonchev–Trinajstić information content (AvgIpc) is 2.72. The highest BCUT2D eigenvalue weighted by atomic mass is 16.1. The predicted molar refractivity (Wildman–Crippen MR) is 116 cm³/mol. The molecule has 2 aromatic carbocycles. The third kappa shape index (κ3) is 5.25. The van der Waals surface area contributed by atoms with E-state index in [-0.39, 0.29) is 11.8 Å². The standard InChI is InChI=1S/C22H29N5O/c1-3-23-22(24-13-14-27(2)18-9-5-4-6-10-18)25-16-17-15-21(28)26-20-12-8-7-11-19(17)20/h4-12,17H,3,13-16H2,1-2H3,(H,26,28)(H2,23,24,25). The van der Waals surface area contributed by atoms with Crippen molar-refractivity contribution in [3.63, 3.8) is 0 Å². The molecular weight excluding hydrogens is 350 g/mol. The molecule has 0 aliphatic carbocycles. The summed E-state index contributed by atoms with van der Waals surface area (Å²) < 4.78 is 0. The fourth-order valence-corrected chi connectivity index (χ4v) is 3.36. The summed E-state index contributed by atoms with van der Waals surface area (Å²) >= 11 is 0. The van der Waals surface area contributed by atoms with Crippen LogP contribution in [0.15, 0.2) is 59.6 Å². The third-order valence-electron chi connectivity index (χ3n) is 4.86. The lowest BCUT2D eigenvalue weighted by molar-refractivity contribution is -0.116. The zero-order valence-corrected chi connectivity index (χ0v) is 16.6. The molecule has 0 fully saturated rings. The number of fused-ring (bicyclic) bond motifs is 1. The Balaban J connectivity index is 1.58. The molecule has 0 spiro atoms. The number of benzene rings is 2. The Morgan fingerprint density at radius 3 is 2.68 bits per heavy atom. The number of aliphatic imine (C=N–C) groups is 1. The highest BCUT2D eigenvalue weighted by molar-refractivity contribution is 5.94. The van der Waals surface area contributed by atoms with Crippen LogP contribution in [-0.2, 0) is 4.79 Å². The number of amides is 1. The first kappa shape index (κ1) is 19.7. The first-order valence-electron chi connectivity index (χ1n) is 9.84. The number of nitrogens with one attached hydrogen (secondary N) is 3. The van der Waals surface area contributed by atoms with Crippen LogP contribution < -0.4 is 20.9 Å². The molecule has 1 atom stereocenters. The molecular formula is C22H29N5O. The Kier molecular flexibility index (Phi) is 6.89. The van der Waals surface area contributed by atoms with Crippen LogP contribution in [0, 0.1) is 0 Å². The van der Waals surface area contributed by atoms with Gasteiger partial charge in [0.05, 0.1) is 6.54 Å². The van der Waals surface area contributed by atoms with Gasteiger partial charge in [0, 0.05) is 50.4 Å². The molecule has 0 radical (unpaired) electrons. The van der Waals surface area contributed by atoms with Crippen LogP contribution in [0.3, 0.4) is 0 Å². The largest absolute Gasteiger partial charge is 0.373 e. The molecule has 1 amide bonds. The van der Waals surface area contributed by atoms with Crippen molar-refractivity contribution in [2.24, 2.45) is 4.99 Å². The van der Waals surface area contributed by atoms with E-state index in [1.54, 1.807) is 0 Å². The van der Waals surface area contributed by atoms with Gasteiger partial charge in [-0.2, -0.15) is 0 Å². The van der Waals surface area contributed by atoms with Crippen LogP contribution in [0.4, 0.5) is 11.4 Å². The van der Waals surface area contributed by atoms with E-state index in [9.17, 15) is 4.79 Å². The van der Waals surface area contributed by atoms with Crippen molar-refractivity contribution in [2.75, 3.05) is 43.4 Å². The quantitative estimate of drug-likeness (QED) is 0.511. The number of carbonyl (C=O) groups is 1. The molecule has 1 heterocycles. The van der Waals surface area contributed by atoms with Gasteiger partial charge in [0.25, 0.3) is 0 Å². The number of hydrogen-bond acceptors (Lipinski definition) is 3. The SMILES string of the molecule is CCNC(=NCC1CC(=O)Nc2ccccc21)NCCN(C)c1ccccc1. The summed E-state index contributed by atoms with van der Waals surface area (Å²) in [6.07, 6.45) is 0.469. The summed E-state index contributed by atoms with van der Waals surface area (Å²) in [5.41, 5.74) is 3.25. The first-order valence-corrected chi connectivity index (χ1v) is 9.84. The van der Waals surface area contributed by atoms with E-state index in [1.807, 2.05) is 36.4 Å². The van der Waals surface area contributed by atoms with E-state index < -0.39 is 0 Å². The van der Waals surface area contributed by atoms with E-state index >= 15 is 0 Å². The number of guanidine groups is 1. The molecule has 0 saturated carbocycles. The second-order valence-electron chi connectivity index (χ2n) is 6.94. The highest BCUT2D eigenvalue weighted by Crippen LogP contribution is 2.31. The Hall–Kier alpha value is -3.02. The van der Waals surface area contributed by atoms with E-state index in [0.29, 0.717) is 13.0 Å². The molecule has 1 aliphatic rings. The molecule has 6 nitrogen and oxygen atoms in total. The van der Waals surface area contributed by atoms with E-state index in [1.165, 1.54) is 5.69 Å². The zero-order valence-electron chi connectivity index (χ0n) is 16.6. The minimum absolute atomic E-state index is 0.0568. The summed E-state index contributed by atoms with van der Waals surface area (Å²) in [6.45, 7) is 5.06. The molecule has 148 valence electrons. The van der Waals surface area contributed by atoms with Gasteiger partial charge in [-0.25, -0.2) is 0 Å². The molecule has 3 N–H and O–H groups in total. The second-order valence-corrected chi connectivity index (χ2v) is 6.94. The lowest BCUT2D eigenvalue weighted by Crippen LogP contribution is -2.41. The second kappa shape index (κ2) is 9.78. The summed E-state index contributed by atoms with van der Waals surface area (Å²) in [4.78, 5) is 18.9. The lowest BCUT2D eigenvalue weighted by Gasteiger charge is -2.25. The average molecular weight is 380 g/mol. The van der Waals surface area contributed by atoms with Crippen molar-refractivity contribution in [3.8, 4) is 0 Å². The van der Waals surface area contributed by atoms with Crippen LogP contribution in [0.1, 0.15) is 24.8 Å². The molecule has 1 aliphatic heterocycles. The van der Waals surface area contributed by atoms with Crippen molar-refractivity contribution in [1.82, 2.24) is 10.6 Å². The van der Waals surface area contributed by atoms with Gasteiger partial charge in [0.2, 0.25) is 5.91 Å². The number of rotatable bonds is 7. The fourth-order valence-electron chi connectivity index (χ4n) is 3.36. The van der Waals surface area contributed by atoms with Crippen molar-refractivity contribution in [1.29, 1.82) is 0 Å². The monoisotopic (exact) mass is 379 g/mol. The van der Waals surface area contributed by atoms with Gasteiger partial charge in [0.1, 0.15) is 0 Å². The molecule has 28 heavy (non-hydrogen) atoms. The van der Waals surface area contributed by atoms with Crippen LogP contribution in [0.2, 0.25) is 0 Å². The van der Waals surface area contributed by atoms with Crippen molar-refractivity contribution in [2.45, 2.75) is 19.3 Å². The van der Waals surface area contributed by atoms with Gasteiger partial charge in [-0.05, 0) is 30.7 Å². The summed E-state index contributed by atoms with van der Waals surface area (Å²) in [6, 6.07) is 18.3. The van der Waals surface area contributed by atoms with Crippen LogP contribution in [0.5, 0.6) is 0 Å². The Bertz CT molecular complexity index is 806. The lowest BCUT2D eigenvalue weighted by atomic mass is 9.91. The van der Waals surface area contributed by atoms with Gasteiger partial charge in [-0.15, -0.1) is 0 Å². The molecule has 2 aromatic rings. The Morgan fingerprint density at radius 1 is 1.14 bits per heavy atom. The summed E-state index contributed by atoms with van der Waals surface area (Å²) in [7, 11) is 2.08. The van der Waals surface area contributed by atoms with Gasteiger partial charge in [-0.3, -0.25) is 9.79 Å². The molecule has 3 rings (SSSR count). The molecule has 1 unspecified atom stereocenters. The number of anilines is 2. The normalized spacial score (nSPS) is 16.1. The van der Waals surface area contributed by atoms with Crippen molar-refractivity contribution in [3.05, 3.63) is 60.2 Å². The fraction of sp³-hybridized carbons (Fsp3) is 0.364. The number of likely N-dealkylation sites (N-methyl/N-ethyl adjacent to an activating group) is 1. The van der Waals surface area contributed by atoms with Crippen molar-refractivity contribution < 1.29 is 4.79 Å². The summed E-state index contributed by atoms with van der Waals surface area (Å²) in [5, 5.41) is 9.62. The van der Waals surface area contributed by atoms with Crippen LogP contribution in [-0.4, -0.2) is 45.1 Å². The maximum absolute atomic E-state index is 12.0. The van der Waals surface area contributed by atoms with Gasteiger partial charge in [-0.1, -0.05) is 36.4 Å². The van der Waals surface area contributed by atoms with E-state index in [0.717, 1.165) is 36.8 Å². The maximum atomic E-state index is 12.0. The smallest absolute Gasteiger partial charge is 0.225 e. The number of para-hydroxylation sites is 2. The topological polar surface area (TPSA) is 68.8 Å². The first-order chi connectivity index (χ1) is 13.7. The molecule has 6 heteroatoms. The molecule has 0 bridgehead atoms. The van der Waals surface area contributed by atoms with Crippen LogP contribution in [0.25, 0.3) is 0 Å². The van der Waals surface area contributed by atoms with Crippen LogP contribution >= 0.6 is 0 Å². The third-order valence-corrected chi connectivity index (χ3v) is 4.86. The van der Waals surface area contributed by atoms with Gasteiger partial charge >= 0.3 is 0 Å². The van der Waals surface area contributed by atoms with Gasteiger partial charge < -0.3 is 20.9 Å². The summed E-state index contributed by atoms with van der Waals surface area (Å²) in [5.74, 6) is 0.946. The van der Waals surface area contributed by atoms with Crippen molar-refractivity contribution >= 4 is 23.2 Å².